The maximum Gasteiger partial charge on any atom is 0.343 e. The van der Waals surface area contributed by atoms with Crippen LogP contribution < -0.4 is 14.2 Å². The summed E-state index contributed by atoms with van der Waals surface area (Å²) < 4.78 is 23.3. The van der Waals surface area contributed by atoms with Crippen LogP contribution in [0.15, 0.2) is 59.0 Å². The van der Waals surface area contributed by atoms with Crippen LogP contribution in [0.3, 0.4) is 0 Å². The molecule has 0 fully saturated rings. The number of aromatic nitrogens is 1. The molecule has 1 aromatic heterocycles. The van der Waals surface area contributed by atoms with Crippen molar-refractivity contribution in [3.05, 3.63) is 86.8 Å². The van der Waals surface area contributed by atoms with Gasteiger partial charge < -0.3 is 18.9 Å². The molecule has 160 valence electrons. The number of carbonyl (C=O) groups is 2. The normalized spacial score (nSPS) is 15.6. The van der Waals surface area contributed by atoms with Crippen molar-refractivity contribution in [2.24, 2.45) is 0 Å². The average molecular weight is 494 g/mol. The third kappa shape index (κ3) is 3.68. The second-order valence-corrected chi connectivity index (χ2v) is 8.14. The van der Waals surface area contributed by atoms with Gasteiger partial charge in [0.25, 0.3) is 0 Å². The van der Waals surface area contributed by atoms with Gasteiger partial charge in [-0.2, -0.15) is 0 Å². The number of hydrogen-bond acceptors (Lipinski definition) is 7. The molecule has 0 saturated heterocycles. The molecule has 2 aromatic carbocycles. The number of nitrogens with zero attached hydrogens (tertiary/aromatic N) is 1. The zero-order valence-electron chi connectivity index (χ0n) is 16.9. The number of carbonyl (C=O) groups excluding carboxylic acids is 2. The summed E-state index contributed by atoms with van der Waals surface area (Å²) in [6.07, 6.45) is 4.68. The number of benzene rings is 2. The van der Waals surface area contributed by atoms with E-state index in [2.05, 4.69) is 20.9 Å². The SMILES string of the molecule is Cc1c(OC(=O)c2ccncc2)ccc2c1O/C(=C\c1cc(Br)cc3c1OCOC3)C2=O. The van der Waals surface area contributed by atoms with Crippen LogP contribution in [-0.2, 0) is 11.3 Å². The molecule has 0 radical (unpaired) electrons. The first-order chi connectivity index (χ1) is 15.5. The van der Waals surface area contributed by atoms with Crippen molar-refractivity contribution in [1.82, 2.24) is 4.98 Å². The number of hydrogen-bond donors (Lipinski definition) is 0. The molecule has 3 aromatic rings. The standard InChI is InChI=1S/C24H16BrNO6/c1-13-19(32-24(28)14-4-6-26-7-5-14)3-2-18-21(27)20(31-22(13)18)10-15-8-17(25)9-16-11-29-12-30-23(15)16/h2-10H,11-12H2,1H3/b20-10-. The number of esters is 1. The number of allylic oxidation sites excluding steroid dienone is 1. The van der Waals surface area contributed by atoms with Gasteiger partial charge in [-0.15, -0.1) is 0 Å². The Hall–Kier alpha value is -3.49. The quantitative estimate of drug-likeness (QED) is 0.292. The van der Waals surface area contributed by atoms with Crippen molar-refractivity contribution >= 4 is 33.8 Å². The summed E-state index contributed by atoms with van der Waals surface area (Å²) in [5, 5.41) is 0. The third-order valence-electron chi connectivity index (χ3n) is 5.15. The maximum absolute atomic E-state index is 13.0. The molecule has 0 N–H and O–H groups in total. The van der Waals surface area contributed by atoms with E-state index in [1.165, 1.54) is 12.4 Å². The number of ether oxygens (including phenoxy) is 4. The fourth-order valence-corrected chi connectivity index (χ4v) is 4.11. The number of Topliss-reactive ketones (excluding diaryl/α,β-unsaturated/α-hetero) is 1. The Bertz CT molecular complexity index is 1290. The number of pyridine rings is 1. The Morgan fingerprint density at radius 3 is 2.78 bits per heavy atom. The van der Waals surface area contributed by atoms with E-state index in [0.717, 1.165) is 10.0 Å². The van der Waals surface area contributed by atoms with Crippen molar-refractivity contribution in [2.75, 3.05) is 6.79 Å². The van der Waals surface area contributed by atoms with Gasteiger partial charge in [-0.25, -0.2) is 4.79 Å². The summed E-state index contributed by atoms with van der Waals surface area (Å²) in [6.45, 7) is 2.31. The van der Waals surface area contributed by atoms with Gasteiger partial charge in [-0.05, 0) is 49.4 Å². The van der Waals surface area contributed by atoms with Crippen LogP contribution in [0.4, 0.5) is 0 Å². The van der Waals surface area contributed by atoms with Gasteiger partial charge in [0.05, 0.1) is 17.7 Å². The molecule has 0 atom stereocenters. The van der Waals surface area contributed by atoms with Gasteiger partial charge in [0.1, 0.15) is 17.2 Å². The minimum absolute atomic E-state index is 0.144. The largest absolute Gasteiger partial charge is 0.467 e. The molecule has 0 spiro atoms. The number of ketones is 1. The lowest BCUT2D eigenvalue weighted by atomic mass is 10.0. The molecule has 7 nitrogen and oxygen atoms in total. The Morgan fingerprint density at radius 1 is 1.16 bits per heavy atom. The molecular weight excluding hydrogens is 478 g/mol. The predicted octanol–water partition coefficient (Wildman–Crippen LogP) is 4.85. The van der Waals surface area contributed by atoms with E-state index in [-0.39, 0.29) is 18.3 Å². The van der Waals surface area contributed by atoms with Gasteiger partial charge in [0.15, 0.2) is 12.6 Å². The lowest BCUT2D eigenvalue weighted by Gasteiger charge is -2.20. The summed E-state index contributed by atoms with van der Waals surface area (Å²) in [5.74, 6) is 0.736. The first-order valence-corrected chi connectivity index (χ1v) is 10.5. The third-order valence-corrected chi connectivity index (χ3v) is 5.60. The summed E-state index contributed by atoms with van der Waals surface area (Å²) in [7, 11) is 0. The molecule has 0 amide bonds. The van der Waals surface area contributed by atoms with Crippen LogP contribution in [0.2, 0.25) is 0 Å². The molecule has 0 aliphatic carbocycles. The molecule has 0 unspecified atom stereocenters. The van der Waals surface area contributed by atoms with E-state index in [4.69, 9.17) is 18.9 Å². The van der Waals surface area contributed by atoms with E-state index in [9.17, 15) is 9.59 Å². The highest BCUT2D eigenvalue weighted by molar-refractivity contribution is 9.10. The Balaban J connectivity index is 1.46. The maximum atomic E-state index is 13.0. The van der Waals surface area contributed by atoms with Crippen molar-refractivity contribution in [2.45, 2.75) is 13.5 Å². The summed E-state index contributed by atoms with van der Waals surface area (Å²) in [6, 6.07) is 10.1. The van der Waals surface area contributed by atoms with E-state index in [1.54, 1.807) is 37.3 Å². The van der Waals surface area contributed by atoms with Gasteiger partial charge in [-0.3, -0.25) is 9.78 Å². The van der Waals surface area contributed by atoms with E-state index < -0.39 is 5.97 Å². The summed E-state index contributed by atoms with van der Waals surface area (Å²) >= 11 is 3.48. The topological polar surface area (TPSA) is 84.0 Å². The first kappa shape index (κ1) is 20.4. The molecule has 2 aliphatic rings. The number of halogens is 1. The lowest BCUT2D eigenvalue weighted by molar-refractivity contribution is -0.0165. The zero-order valence-corrected chi connectivity index (χ0v) is 18.5. The van der Waals surface area contributed by atoms with Gasteiger partial charge in [0, 0.05) is 33.6 Å². The van der Waals surface area contributed by atoms with Gasteiger partial charge in [-0.1, -0.05) is 15.9 Å². The number of fused-ring (bicyclic) bond motifs is 2. The molecule has 3 heterocycles. The van der Waals surface area contributed by atoms with E-state index in [0.29, 0.717) is 46.1 Å². The minimum atomic E-state index is -0.518. The molecule has 2 aliphatic heterocycles. The Morgan fingerprint density at radius 2 is 1.97 bits per heavy atom. The van der Waals surface area contributed by atoms with Crippen LogP contribution in [0.1, 0.15) is 37.4 Å². The highest BCUT2D eigenvalue weighted by Gasteiger charge is 2.31. The lowest BCUT2D eigenvalue weighted by Crippen LogP contribution is -2.12. The highest BCUT2D eigenvalue weighted by atomic mass is 79.9. The average Bonchev–Trinajstić information content (AvgIpc) is 3.12. The van der Waals surface area contributed by atoms with Crippen molar-refractivity contribution < 1.29 is 28.5 Å². The highest BCUT2D eigenvalue weighted by Crippen LogP contribution is 2.41. The minimum Gasteiger partial charge on any atom is -0.467 e. The smallest absolute Gasteiger partial charge is 0.343 e. The van der Waals surface area contributed by atoms with Crippen LogP contribution in [-0.4, -0.2) is 23.5 Å². The van der Waals surface area contributed by atoms with Crippen LogP contribution in [0.25, 0.3) is 6.08 Å². The second kappa shape index (κ2) is 8.22. The Labute approximate surface area is 191 Å². The van der Waals surface area contributed by atoms with Crippen molar-refractivity contribution in [1.29, 1.82) is 0 Å². The fraction of sp³-hybridized carbons (Fsp3) is 0.125. The van der Waals surface area contributed by atoms with Gasteiger partial charge >= 0.3 is 5.97 Å². The molecule has 32 heavy (non-hydrogen) atoms. The fourth-order valence-electron chi connectivity index (χ4n) is 3.58. The van der Waals surface area contributed by atoms with Crippen molar-refractivity contribution in [3.63, 3.8) is 0 Å². The van der Waals surface area contributed by atoms with E-state index in [1.807, 2.05) is 12.1 Å². The predicted molar refractivity (Wildman–Crippen MR) is 118 cm³/mol. The van der Waals surface area contributed by atoms with E-state index >= 15 is 0 Å². The first-order valence-electron chi connectivity index (χ1n) is 9.74. The second-order valence-electron chi connectivity index (χ2n) is 7.22. The Kier molecular flexibility index (Phi) is 5.24. The van der Waals surface area contributed by atoms with Crippen LogP contribution >= 0.6 is 15.9 Å². The molecule has 5 rings (SSSR count). The molecule has 0 bridgehead atoms. The van der Waals surface area contributed by atoms with Crippen LogP contribution in [0, 0.1) is 6.92 Å². The number of rotatable bonds is 3. The van der Waals surface area contributed by atoms with Crippen molar-refractivity contribution in [3.8, 4) is 17.2 Å². The summed E-state index contributed by atoms with van der Waals surface area (Å²) in [4.78, 5) is 29.3. The summed E-state index contributed by atoms with van der Waals surface area (Å²) in [5.41, 5.74) is 2.92. The monoisotopic (exact) mass is 493 g/mol. The molecule has 0 saturated carbocycles. The zero-order chi connectivity index (χ0) is 22.2. The molecule has 8 heteroatoms. The van der Waals surface area contributed by atoms with Crippen LogP contribution in [0.5, 0.6) is 17.2 Å². The molecular formula is C24H16BrNO6. The van der Waals surface area contributed by atoms with Gasteiger partial charge in [0.2, 0.25) is 5.78 Å².